The average Bonchev–Trinajstić information content (AvgIpc) is 3.16. The Labute approximate surface area is 151 Å². The largest absolute Gasteiger partial charge is 0.454 e. The fourth-order valence-corrected chi connectivity index (χ4v) is 3.85. The smallest absolute Gasteiger partial charge is 0.251 e. The molecule has 1 fully saturated rings. The summed E-state index contributed by atoms with van der Waals surface area (Å²) in [5, 5.41) is 4.40. The topological polar surface area (TPSA) is 52.5 Å². The van der Waals surface area contributed by atoms with Crippen LogP contribution >= 0.6 is 0 Å². The van der Waals surface area contributed by atoms with Crippen LogP contribution in [-0.2, 0) is 12.5 Å². The van der Waals surface area contributed by atoms with E-state index in [0.717, 1.165) is 12.8 Å². The third kappa shape index (κ3) is 2.35. The number of aromatic nitrogens is 1. The Hall–Kier alpha value is -2.95. The predicted octanol–water partition coefficient (Wildman–Crippen LogP) is 3.37. The third-order valence-corrected chi connectivity index (χ3v) is 5.54. The van der Waals surface area contributed by atoms with Crippen molar-refractivity contribution >= 4 is 16.8 Å². The SMILES string of the molecule is Cn1cc(C2(CNC(=O)c3ccc4c(c3)OCO4)CC2)c2ccccc21. The second-order valence-corrected chi connectivity index (χ2v) is 7.20. The first-order chi connectivity index (χ1) is 12.7. The highest BCUT2D eigenvalue weighted by Gasteiger charge is 2.46. The van der Waals surface area contributed by atoms with Gasteiger partial charge in [0.15, 0.2) is 11.5 Å². The Balaban J connectivity index is 1.37. The number of para-hydroxylation sites is 1. The summed E-state index contributed by atoms with van der Waals surface area (Å²) in [6.07, 6.45) is 4.41. The molecule has 1 amide bonds. The molecule has 132 valence electrons. The summed E-state index contributed by atoms with van der Waals surface area (Å²) in [7, 11) is 2.08. The first-order valence-electron chi connectivity index (χ1n) is 8.89. The molecule has 0 saturated heterocycles. The first-order valence-corrected chi connectivity index (χ1v) is 8.89. The van der Waals surface area contributed by atoms with E-state index in [1.807, 2.05) is 0 Å². The first kappa shape index (κ1) is 15.3. The van der Waals surface area contributed by atoms with Crippen LogP contribution in [0.3, 0.4) is 0 Å². The van der Waals surface area contributed by atoms with E-state index in [9.17, 15) is 4.79 Å². The molecular weight excluding hydrogens is 328 g/mol. The molecule has 1 aliphatic carbocycles. The maximum absolute atomic E-state index is 12.6. The van der Waals surface area contributed by atoms with Crippen molar-refractivity contribution in [2.45, 2.75) is 18.3 Å². The number of nitrogens with zero attached hydrogens (tertiary/aromatic N) is 1. The number of hydrogen-bond donors (Lipinski definition) is 1. The van der Waals surface area contributed by atoms with E-state index in [-0.39, 0.29) is 18.1 Å². The molecule has 1 aliphatic heterocycles. The van der Waals surface area contributed by atoms with Crippen LogP contribution in [0.15, 0.2) is 48.7 Å². The predicted molar refractivity (Wildman–Crippen MR) is 98.7 cm³/mol. The van der Waals surface area contributed by atoms with Crippen LogP contribution in [-0.4, -0.2) is 23.8 Å². The second kappa shape index (κ2) is 5.53. The number of hydrogen-bond acceptors (Lipinski definition) is 3. The van der Waals surface area contributed by atoms with E-state index in [4.69, 9.17) is 9.47 Å². The molecule has 5 nitrogen and oxygen atoms in total. The Kier molecular flexibility index (Phi) is 3.26. The molecule has 3 aromatic rings. The Morgan fingerprint density at radius 2 is 1.96 bits per heavy atom. The number of fused-ring (bicyclic) bond motifs is 2. The molecule has 2 heterocycles. The summed E-state index contributed by atoms with van der Waals surface area (Å²) in [4.78, 5) is 12.6. The molecule has 1 saturated carbocycles. The van der Waals surface area contributed by atoms with Gasteiger partial charge in [-0.3, -0.25) is 4.79 Å². The summed E-state index contributed by atoms with van der Waals surface area (Å²) >= 11 is 0. The lowest BCUT2D eigenvalue weighted by atomic mass is 9.95. The lowest BCUT2D eigenvalue weighted by molar-refractivity contribution is 0.0949. The normalized spacial score (nSPS) is 16.7. The van der Waals surface area contributed by atoms with E-state index in [1.54, 1.807) is 18.2 Å². The minimum atomic E-state index is -0.0742. The van der Waals surface area contributed by atoms with E-state index in [2.05, 4.69) is 47.4 Å². The minimum absolute atomic E-state index is 0.0485. The Morgan fingerprint density at radius 1 is 1.15 bits per heavy atom. The van der Waals surface area contributed by atoms with Crippen molar-refractivity contribution in [3.05, 3.63) is 59.8 Å². The fraction of sp³-hybridized carbons (Fsp3) is 0.286. The van der Waals surface area contributed by atoms with Gasteiger partial charge >= 0.3 is 0 Å². The van der Waals surface area contributed by atoms with E-state index < -0.39 is 0 Å². The molecule has 5 heteroatoms. The number of nitrogens with one attached hydrogen (secondary N) is 1. The van der Waals surface area contributed by atoms with E-state index in [1.165, 1.54) is 16.5 Å². The van der Waals surface area contributed by atoms with Crippen LogP contribution in [0.1, 0.15) is 28.8 Å². The van der Waals surface area contributed by atoms with Crippen LogP contribution in [0, 0.1) is 0 Å². The van der Waals surface area contributed by atoms with Gasteiger partial charge in [-0.1, -0.05) is 18.2 Å². The van der Waals surface area contributed by atoms with Crippen molar-refractivity contribution in [1.29, 1.82) is 0 Å². The number of rotatable bonds is 4. The molecule has 1 N–H and O–H groups in total. The number of carbonyl (C=O) groups is 1. The number of benzene rings is 2. The van der Waals surface area contributed by atoms with Crippen molar-refractivity contribution in [2.75, 3.05) is 13.3 Å². The highest BCUT2D eigenvalue weighted by Crippen LogP contribution is 2.50. The molecule has 0 spiro atoms. The molecular formula is C21H20N2O3. The van der Waals surface area contributed by atoms with Crippen molar-refractivity contribution in [2.24, 2.45) is 7.05 Å². The van der Waals surface area contributed by atoms with Gasteiger partial charge in [-0.2, -0.15) is 0 Å². The van der Waals surface area contributed by atoms with Gasteiger partial charge in [0.2, 0.25) is 6.79 Å². The van der Waals surface area contributed by atoms with Crippen LogP contribution in [0.4, 0.5) is 0 Å². The van der Waals surface area contributed by atoms with E-state index >= 15 is 0 Å². The number of ether oxygens (including phenoxy) is 2. The zero-order valence-corrected chi connectivity index (χ0v) is 14.6. The summed E-state index contributed by atoms with van der Waals surface area (Å²) in [6.45, 7) is 0.860. The average molecular weight is 348 g/mol. The molecule has 26 heavy (non-hydrogen) atoms. The van der Waals surface area contributed by atoms with Crippen LogP contribution in [0.5, 0.6) is 11.5 Å². The Morgan fingerprint density at radius 3 is 2.81 bits per heavy atom. The van der Waals surface area contributed by atoms with Gasteiger partial charge in [0, 0.05) is 41.7 Å². The minimum Gasteiger partial charge on any atom is -0.454 e. The van der Waals surface area contributed by atoms with Crippen LogP contribution < -0.4 is 14.8 Å². The van der Waals surface area contributed by atoms with Crippen molar-refractivity contribution in [3.63, 3.8) is 0 Å². The third-order valence-electron chi connectivity index (χ3n) is 5.54. The molecule has 0 bridgehead atoms. The maximum Gasteiger partial charge on any atom is 0.251 e. The zero-order valence-electron chi connectivity index (χ0n) is 14.6. The number of aryl methyl sites for hydroxylation is 1. The summed E-state index contributed by atoms with van der Waals surface area (Å²) in [6, 6.07) is 13.8. The van der Waals surface area contributed by atoms with Crippen LogP contribution in [0.2, 0.25) is 0 Å². The van der Waals surface area contributed by atoms with Gasteiger partial charge in [-0.25, -0.2) is 0 Å². The lowest BCUT2D eigenvalue weighted by Gasteiger charge is -2.16. The summed E-state index contributed by atoms with van der Waals surface area (Å²) in [5.74, 6) is 1.25. The van der Waals surface area contributed by atoms with Gasteiger partial charge in [-0.15, -0.1) is 0 Å². The summed E-state index contributed by atoms with van der Waals surface area (Å²) in [5.41, 5.74) is 3.22. The molecule has 5 rings (SSSR count). The second-order valence-electron chi connectivity index (χ2n) is 7.20. The molecule has 0 unspecified atom stereocenters. The maximum atomic E-state index is 12.6. The molecule has 0 atom stereocenters. The van der Waals surface area contributed by atoms with Crippen molar-refractivity contribution in [1.82, 2.24) is 9.88 Å². The highest BCUT2D eigenvalue weighted by atomic mass is 16.7. The highest BCUT2D eigenvalue weighted by molar-refractivity contribution is 5.95. The standard InChI is InChI=1S/C21H20N2O3/c1-23-11-16(15-4-2-3-5-17(15)23)21(8-9-21)12-22-20(24)14-6-7-18-19(10-14)26-13-25-18/h2-7,10-11H,8-9,12-13H2,1H3,(H,22,24). The fourth-order valence-electron chi connectivity index (χ4n) is 3.85. The lowest BCUT2D eigenvalue weighted by Crippen LogP contribution is -2.32. The van der Waals surface area contributed by atoms with Gasteiger partial charge in [0.05, 0.1) is 0 Å². The molecule has 2 aromatic carbocycles. The van der Waals surface area contributed by atoms with E-state index in [0.29, 0.717) is 23.6 Å². The zero-order chi connectivity index (χ0) is 17.7. The van der Waals surface area contributed by atoms with Gasteiger partial charge in [-0.05, 0) is 42.7 Å². The van der Waals surface area contributed by atoms with Gasteiger partial charge < -0.3 is 19.4 Å². The Bertz CT molecular complexity index is 1020. The quantitative estimate of drug-likeness (QED) is 0.786. The molecule has 2 aliphatic rings. The van der Waals surface area contributed by atoms with Crippen LogP contribution in [0.25, 0.3) is 10.9 Å². The summed E-state index contributed by atoms with van der Waals surface area (Å²) < 4.78 is 12.8. The van der Waals surface area contributed by atoms with Gasteiger partial charge in [0.1, 0.15) is 0 Å². The van der Waals surface area contributed by atoms with Gasteiger partial charge in [0.25, 0.3) is 5.91 Å². The molecule has 0 radical (unpaired) electrons. The number of amides is 1. The monoisotopic (exact) mass is 348 g/mol. The number of carbonyl (C=O) groups excluding carboxylic acids is 1. The van der Waals surface area contributed by atoms with Crippen molar-refractivity contribution < 1.29 is 14.3 Å². The molecule has 1 aromatic heterocycles. The van der Waals surface area contributed by atoms with Crippen molar-refractivity contribution in [3.8, 4) is 11.5 Å².